The van der Waals surface area contributed by atoms with Crippen LogP contribution in [0.3, 0.4) is 0 Å². The topological polar surface area (TPSA) is 58.2 Å². The third-order valence-corrected chi connectivity index (χ3v) is 4.17. The summed E-state index contributed by atoms with van der Waals surface area (Å²) < 4.78 is 26.4. The Bertz CT molecular complexity index is 515. The van der Waals surface area contributed by atoms with E-state index in [1.165, 1.54) is 0 Å². The summed E-state index contributed by atoms with van der Waals surface area (Å²) in [6.07, 6.45) is 2.96. The smallest absolute Gasteiger partial charge is 0.216 e. The van der Waals surface area contributed by atoms with Crippen LogP contribution in [0.2, 0.25) is 0 Å². The number of rotatable bonds is 5. The molecule has 0 spiro atoms. The zero-order valence-electron chi connectivity index (χ0n) is 10.6. The normalized spacial score (nSPS) is 15.5. The maximum absolute atomic E-state index is 11.9. The van der Waals surface area contributed by atoms with Gasteiger partial charge >= 0.3 is 0 Å². The van der Waals surface area contributed by atoms with E-state index in [4.69, 9.17) is 0 Å². The summed E-state index contributed by atoms with van der Waals surface area (Å²) >= 11 is 0. The maximum Gasteiger partial charge on any atom is 0.216 e. The fourth-order valence-electron chi connectivity index (χ4n) is 1.88. The molecule has 0 amide bonds. The first kappa shape index (κ1) is 16.2. The van der Waals surface area contributed by atoms with Crippen molar-refractivity contribution in [3.05, 3.63) is 47.5 Å². The summed E-state index contributed by atoms with van der Waals surface area (Å²) in [5.41, 5.74) is 1.97. The van der Waals surface area contributed by atoms with Crippen molar-refractivity contribution < 1.29 is 8.42 Å². The Morgan fingerprint density at radius 2 is 1.95 bits per heavy atom. The third kappa shape index (κ3) is 5.74. The minimum atomic E-state index is -3.25. The maximum atomic E-state index is 11.9. The lowest BCUT2D eigenvalue weighted by Gasteiger charge is -2.14. The average Bonchev–Trinajstić information content (AvgIpc) is 2.38. The summed E-state index contributed by atoms with van der Waals surface area (Å²) in [4.78, 5) is 0. The van der Waals surface area contributed by atoms with Crippen LogP contribution in [0.5, 0.6) is 0 Å². The predicted molar refractivity (Wildman–Crippen MR) is 79.9 cm³/mol. The summed E-state index contributed by atoms with van der Waals surface area (Å²) in [5.74, 6) is 0.0410. The van der Waals surface area contributed by atoms with Crippen molar-refractivity contribution in [2.75, 3.05) is 19.6 Å². The van der Waals surface area contributed by atoms with Gasteiger partial charge in [-0.2, -0.15) is 0 Å². The molecule has 0 aromatic heterocycles. The van der Waals surface area contributed by atoms with E-state index in [0.717, 1.165) is 30.6 Å². The molecule has 0 fully saturated rings. The van der Waals surface area contributed by atoms with Gasteiger partial charge in [-0.05, 0) is 18.5 Å². The van der Waals surface area contributed by atoms with Crippen molar-refractivity contribution in [1.29, 1.82) is 0 Å². The molecule has 1 heterocycles. The Hall–Kier alpha value is -0.880. The van der Waals surface area contributed by atoms with Gasteiger partial charge in [-0.3, -0.25) is 0 Å². The molecule has 106 valence electrons. The van der Waals surface area contributed by atoms with E-state index in [1.54, 1.807) is 0 Å². The fraction of sp³-hybridized carbons (Fsp3) is 0.385. The van der Waals surface area contributed by atoms with E-state index >= 15 is 0 Å². The quantitative estimate of drug-likeness (QED) is 0.809. The molecule has 0 atom stereocenters. The van der Waals surface area contributed by atoms with Crippen molar-refractivity contribution in [2.45, 2.75) is 12.2 Å². The van der Waals surface area contributed by atoms with Crippen LogP contribution in [0.25, 0.3) is 0 Å². The Kier molecular flexibility index (Phi) is 6.51. The number of nitrogens with one attached hydrogen (secondary N) is 2. The summed E-state index contributed by atoms with van der Waals surface area (Å²) in [5, 5.41) is 3.20. The number of sulfonamides is 1. The van der Waals surface area contributed by atoms with Gasteiger partial charge in [-0.25, -0.2) is 13.1 Å². The second kappa shape index (κ2) is 7.65. The molecule has 2 N–H and O–H groups in total. The third-order valence-electron chi connectivity index (χ3n) is 2.88. The molecule has 0 bridgehead atoms. The monoisotopic (exact) mass is 302 g/mol. The van der Waals surface area contributed by atoms with Crippen LogP contribution in [0.1, 0.15) is 12.0 Å². The van der Waals surface area contributed by atoms with Crippen molar-refractivity contribution >= 4 is 22.4 Å². The van der Waals surface area contributed by atoms with E-state index in [1.807, 2.05) is 30.3 Å². The minimum absolute atomic E-state index is 0. The molecule has 1 aromatic rings. The van der Waals surface area contributed by atoms with E-state index in [-0.39, 0.29) is 18.2 Å². The van der Waals surface area contributed by atoms with E-state index in [0.29, 0.717) is 6.54 Å². The Balaban J connectivity index is 0.00000180. The van der Waals surface area contributed by atoms with E-state index in [2.05, 4.69) is 16.1 Å². The molecule has 0 aliphatic carbocycles. The molecule has 0 saturated heterocycles. The van der Waals surface area contributed by atoms with Gasteiger partial charge < -0.3 is 5.32 Å². The van der Waals surface area contributed by atoms with Crippen LogP contribution in [-0.2, 0) is 15.8 Å². The number of halogens is 1. The molecular formula is C13H19ClN2O2S. The zero-order valence-corrected chi connectivity index (χ0v) is 12.3. The second-order valence-electron chi connectivity index (χ2n) is 4.38. The SMILES string of the molecule is Cl.O=S(=O)(Cc1ccccc1)NCC1=CCNCC1. The van der Waals surface area contributed by atoms with Crippen molar-refractivity contribution in [2.24, 2.45) is 0 Å². The molecule has 1 aliphatic rings. The first-order chi connectivity index (χ1) is 8.66. The Morgan fingerprint density at radius 3 is 2.58 bits per heavy atom. The van der Waals surface area contributed by atoms with Gasteiger partial charge in [0.05, 0.1) is 5.75 Å². The number of hydrogen-bond acceptors (Lipinski definition) is 3. The fourth-order valence-corrected chi connectivity index (χ4v) is 3.02. The molecule has 0 saturated carbocycles. The van der Waals surface area contributed by atoms with Crippen LogP contribution in [0.4, 0.5) is 0 Å². The molecule has 4 nitrogen and oxygen atoms in total. The number of benzene rings is 1. The van der Waals surface area contributed by atoms with Gasteiger partial charge in [0.15, 0.2) is 0 Å². The summed E-state index contributed by atoms with van der Waals surface area (Å²) in [6, 6.07) is 9.22. The molecule has 0 unspecified atom stereocenters. The molecule has 0 radical (unpaired) electrons. The van der Waals surface area contributed by atoms with Crippen molar-refractivity contribution in [3.63, 3.8) is 0 Å². The standard InChI is InChI=1S/C13H18N2O2S.ClH/c16-18(17,11-13-4-2-1-3-5-13)15-10-12-6-8-14-9-7-12;/h1-6,14-15H,7-11H2;1H. The van der Waals surface area contributed by atoms with Gasteiger partial charge in [0.25, 0.3) is 0 Å². The molecule has 2 rings (SSSR count). The van der Waals surface area contributed by atoms with Gasteiger partial charge in [0.2, 0.25) is 10.0 Å². The molecule has 19 heavy (non-hydrogen) atoms. The molecular weight excluding hydrogens is 284 g/mol. The molecule has 6 heteroatoms. The van der Waals surface area contributed by atoms with Crippen LogP contribution >= 0.6 is 12.4 Å². The van der Waals surface area contributed by atoms with E-state index in [9.17, 15) is 8.42 Å². The van der Waals surface area contributed by atoms with Crippen LogP contribution in [0.15, 0.2) is 42.0 Å². The van der Waals surface area contributed by atoms with Gasteiger partial charge in [0.1, 0.15) is 0 Å². The lowest BCUT2D eigenvalue weighted by atomic mass is 10.1. The van der Waals surface area contributed by atoms with Crippen molar-refractivity contribution in [1.82, 2.24) is 10.0 Å². The second-order valence-corrected chi connectivity index (χ2v) is 6.19. The summed E-state index contributed by atoms with van der Waals surface area (Å²) in [6.45, 7) is 2.18. The highest BCUT2D eigenvalue weighted by Crippen LogP contribution is 2.06. The Morgan fingerprint density at radius 1 is 1.21 bits per heavy atom. The van der Waals surface area contributed by atoms with E-state index < -0.39 is 10.0 Å². The van der Waals surface area contributed by atoms with Gasteiger partial charge in [0, 0.05) is 13.1 Å². The first-order valence-corrected chi connectivity index (χ1v) is 7.71. The zero-order chi connectivity index (χ0) is 12.8. The van der Waals surface area contributed by atoms with Crippen LogP contribution in [-0.4, -0.2) is 28.1 Å². The van der Waals surface area contributed by atoms with Crippen LogP contribution in [0, 0.1) is 0 Å². The lowest BCUT2D eigenvalue weighted by Crippen LogP contribution is -2.30. The molecule has 1 aromatic carbocycles. The van der Waals surface area contributed by atoms with Gasteiger partial charge in [-0.15, -0.1) is 12.4 Å². The lowest BCUT2D eigenvalue weighted by molar-refractivity contribution is 0.581. The Labute approximate surface area is 120 Å². The highest BCUT2D eigenvalue weighted by molar-refractivity contribution is 7.88. The first-order valence-electron chi connectivity index (χ1n) is 6.06. The largest absolute Gasteiger partial charge is 0.313 e. The van der Waals surface area contributed by atoms with Crippen molar-refractivity contribution in [3.8, 4) is 0 Å². The molecule has 1 aliphatic heterocycles. The number of hydrogen-bond donors (Lipinski definition) is 2. The van der Waals surface area contributed by atoms with Crippen LogP contribution < -0.4 is 10.0 Å². The van der Waals surface area contributed by atoms with Gasteiger partial charge in [-0.1, -0.05) is 42.0 Å². The minimum Gasteiger partial charge on any atom is -0.313 e. The highest BCUT2D eigenvalue weighted by atomic mass is 35.5. The predicted octanol–water partition coefficient (Wildman–Crippen LogP) is 1.45. The average molecular weight is 303 g/mol. The summed E-state index contributed by atoms with van der Waals surface area (Å²) in [7, 11) is -3.25. The highest BCUT2D eigenvalue weighted by Gasteiger charge is 2.12.